The van der Waals surface area contributed by atoms with Gasteiger partial charge < -0.3 is 49.7 Å². The Labute approximate surface area is 580 Å². The molecular formula is C57H64Br4N14O21. The monoisotopic (exact) mass is 1600 g/mol. The molecule has 0 saturated heterocycles. The number of hydrogen-bond acceptors (Lipinski definition) is 23. The molecule has 39 heteroatoms. The van der Waals surface area contributed by atoms with Crippen molar-refractivity contribution in [1.82, 2.24) is 31.4 Å². The number of ether oxygens (including phenoxy) is 6. The van der Waals surface area contributed by atoms with Crippen LogP contribution in [0.3, 0.4) is 0 Å². The SMILES string of the molecule is CC(C)(C)OC(=O)N(OCC(=O)NCCNC(=O)c1c(Cc2cc([N+](=O)[O-])ccc2OC(=O)Oc2ccc([N+](=O)[O-])cc2Cc2cc(Br)c(N=[N+]=[N-])c(Br)c2C(=O)NCCNC(=O)CON(C(=O)OC(C)(C)C)C(=O)OC(C)(C)C)cc(Br)c(N=[N+]=[N-])c1Br)C(=O)OC(C)(C)C. The van der Waals surface area contributed by atoms with Crippen LogP contribution >= 0.6 is 63.7 Å². The van der Waals surface area contributed by atoms with Gasteiger partial charge in [0.25, 0.3) is 23.2 Å². The predicted octanol–water partition coefficient (Wildman–Crippen LogP) is 13.1. The molecule has 0 radical (unpaired) electrons. The van der Waals surface area contributed by atoms with Crippen molar-refractivity contribution in [2.75, 3.05) is 39.4 Å². The normalized spacial score (nSPS) is 11.2. The van der Waals surface area contributed by atoms with Crippen molar-refractivity contribution in [2.24, 2.45) is 10.2 Å². The van der Waals surface area contributed by atoms with Gasteiger partial charge in [-0.15, -0.1) is 0 Å². The summed E-state index contributed by atoms with van der Waals surface area (Å²) in [6, 6.07) is 8.80. The summed E-state index contributed by atoms with van der Waals surface area (Å²) < 4.78 is 32.2. The molecule has 0 heterocycles. The van der Waals surface area contributed by atoms with Crippen LogP contribution in [0, 0.1) is 20.2 Å². The third-order valence-electron chi connectivity index (χ3n) is 11.3. The minimum atomic E-state index is -1.51. The summed E-state index contributed by atoms with van der Waals surface area (Å²) in [6.45, 7) is 15.4. The molecule has 4 aromatic carbocycles. The van der Waals surface area contributed by atoms with Gasteiger partial charge in [-0.1, -0.05) is 52.2 Å². The van der Waals surface area contributed by atoms with Crippen LogP contribution < -0.4 is 30.7 Å². The molecule has 0 saturated carbocycles. The lowest BCUT2D eigenvalue weighted by Crippen LogP contribution is -2.45. The second kappa shape index (κ2) is 34.4. The standard InChI is InChI=1S/C57H64Br4N14O21/c1-54(2,3)93-49(80)72(50(81)94-55(4,5)6)89-27-39(76)64-17-19-66-47(78)41-31(25-35(58)45(43(41)60)68-70-62)21-29-23-33(74(85)86)13-15-37(29)91-53(84)92-38-16-14-34(75(87)88)24-30(38)22-32-26-36(59)46(69-71-63)44(61)42(32)48(79)67-20-18-65-40(77)28-90-73(51(82)95-56(7,8)9)52(83)96-57(10,11)12/h13-16,23-26H,17-22,27-28H2,1-12H3,(H,64,76)(H,65,77)(H,66,78)(H,67,79). The maximum absolute atomic E-state index is 14.1. The van der Waals surface area contributed by atoms with E-state index in [-0.39, 0.29) is 110 Å². The van der Waals surface area contributed by atoms with Crippen LogP contribution in [0.4, 0.5) is 46.7 Å². The summed E-state index contributed by atoms with van der Waals surface area (Å²) in [5, 5.41) is 42.0. The molecule has 4 N–H and O–H groups in total. The van der Waals surface area contributed by atoms with Crippen LogP contribution in [-0.2, 0) is 51.1 Å². The topological polar surface area (TPSA) is 466 Å². The minimum absolute atomic E-state index is 0.0599. The van der Waals surface area contributed by atoms with Gasteiger partial charge in [0, 0.05) is 102 Å². The van der Waals surface area contributed by atoms with Gasteiger partial charge in [0.1, 0.15) is 33.9 Å². The van der Waals surface area contributed by atoms with E-state index < -0.39 is 124 Å². The number of carbonyl (C=O) groups is 9. The molecule has 4 rings (SSSR count). The first-order valence-electron chi connectivity index (χ1n) is 28.0. The van der Waals surface area contributed by atoms with Gasteiger partial charge >= 0.3 is 30.5 Å². The highest BCUT2D eigenvalue weighted by Gasteiger charge is 2.36. The van der Waals surface area contributed by atoms with E-state index >= 15 is 0 Å². The van der Waals surface area contributed by atoms with Crippen molar-refractivity contribution < 1.29 is 91.1 Å². The highest BCUT2D eigenvalue weighted by atomic mass is 79.9. The van der Waals surface area contributed by atoms with E-state index in [1.54, 1.807) is 0 Å². The zero-order chi connectivity index (χ0) is 72.4. The number of nitrogens with one attached hydrogen (secondary N) is 4. The Hall–Kier alpha value is -9.23. The van der Waals surface area contributed by atoms with Gasteiger partial charge in [-0.25, -0.2) is 33.6 Å². The lowest BCUT2D eigenvalue weighted by Gasteiger charge is -2.27. The van der Waals surface area contributed by atoms with Crippen molar-refractivity contribution in [3.05, 3.63) is 141 Å². The minimum Gasteiger partial charge on any atom is -0.442 e. The number of non-ortho nitro benzene ring substituents is 2. The molecular weight excluding hydrogens is 1540 g/mol. The number of halogens is 4. The Morgan fingerprint density at radius 3 is 1.07 bits per heavy atom. The second-order valence-corrected chi connectivity index (χ2v) is 27.0. The summed E-state index contributed by atoms with van der Waals surface area (Å²) >= 11 is 13.2. The van der Waals surface area contributed by atoms with Crippen LogP contribution in [0.5, 0.6) is 11.5 Å². The zero-order valence-electron chi connectivity index (χ0n) is 53.3. The van der Waals surface area contributed by atoms with Crippen molar-refractivity contribution in [3.8, 4) is 11.5 Å². The predicted molar refractivity (Wildman–Crippen MR) is 351 cm³/mol. The van der Waals surface area contributed by atoms with E-state index in [2.05, 4.69) is 105 Å². The molecule has 0 aliphatic rings. The molecule has 0 aliphatic carbocycles. The number of hydroxylamine groups is 4. The summed E-state index contributed by atoms with van der Waals surface area (Å²) in [5.74, 6) is -4.21. The summed E-state index contributed by atoms with van der Waals surface area (Å²) in [4.78, 5) is 158. The number of azide groups is 2. The molecule has 96 heavy (non-hydrogen) atoms. The van der Waals surface area contributed by atoms with Crippen molar-refractivity contribution >= 4 is 141 Å². The Balaban J connectivity index is 1.61. The number of imide groups is 2. The third-order valence-corrected chi connectivity index (χ3v) is 14.1. The average Bonchev–Trinajstić information content (AvgIpc) is 0.790. The number of benzene rings is 4. The van der Waals surface area contributed by atoms with E-state index in [1.165, 1.54) is 95.2 Å². The summed E-state index contributed by atoms with van der Waals surface area (Å²) in [5.41, 5.74) is 12.7. The molecule has 0 fully saturated rings. The molecule has 8 amide bonds. The first kappa shape index (κ1) is 79.2. The molecule has 4 aromatic rings. The van der Waals surface area contributed by atoms with E-state index in [0.29, 0.717) is 0 Å². The van der Waals surface area contributed by atoms with Gasteiger partial charge in [-0.2, -0.15) is 0 Å². The molecule has 0 spiro atoms. The zero-order valence-corrected chi connectivity index (χ0v) is 59.7. The first-order chi connectivity index (χ1) is 44.5. The Bertz CT molecular complexity index is 3520. The molecule has 516 valence electrons. The van der Waals surface area contributed by atoms with Crippen molar-refractivity contribution in [1.29, 1.82) is 0 Å². The smallest absolute Gasteiger partial charge is 0.442 e. The lowest BCUT2D eigenvalue weighted by molar-refractivity contribution is -0.385. The third kappa shape index (κ3) is 24.8. The molecule has 0 atom stereocenters. The quantitative estimate of drug-likeness (QED) is 0.00582. The molecule has 35 nitrogen and oxygen atoms in total. The number of rotatable bonds is 24. The van der Waals surface area contributed by atoms with Crippen LogP contribution in [0.1, 0.15) is 126 Å². The molecule has 0 aliphatic heterocycles. The number of hydrogen-bond donors (Lipinski definition) is 4. The van der Waals surface area contributed by atoms with Crippen molar-refractivity contribution in [2.45, 2.75) is 118 Å². The molecule has 0 unspecified atom stereocenters. The van der Waals surface area contributed by atoms with E-state index in [4.69, 9.17) is 38.1 Å². The van der Waals surface area contributed by atoms with Crippen LogP contribution in [-0.4, -0.2) is 136 Å². The highest BCUT2D eigenvalue weighted by Crippen LogP contribution is 2.42. The van der Waals surface area contributed by atoms with E-state index in [1.807, 2.05) is 0 Å². The van der Waals surface area contributed by atoms with Gasteiger partial charge in [-0.3, -0.25) is 39.4 Å². The van der Waals surface area contributed by atoms with Gasteiger partial charge in [0.05, 0.1) is 32.3 Å². The van der Waals surface area contributed by atoms with E-state index in [0.717, 1.165) is 36.4 Å². The first-order valence-corrected chi connectivity index (χ1v) is 31.1. The van der Waals surface area contributed by atoms with Crippen molar-refractivity contribution in [3.63, 3.8) is 0 Å². The highest BCUT2D eigenvalue weighted by molar-refractivity contribution is 9.11. The average molecular weight is 1600 g/mol. The number of nitrogens with zero attached hydrogens (tertiary/aromatic N) is 10. The number of nitro groups is 2. The Morgan fingerprint density at radius 2 is 0.792 bits per heavy atom. The largest absolute Gasteiger partial charge is 0.519 e. The Morgan fingerprint density at radius 1 is 0.490 bits per heavy atom. The fourth-order valence-electron chi connectivity index (χ4n) is 7.66. The lowest BCUT2D eigenvalue weighted by atomic mass is 9.97. The van der Waals surface area contributed by atoms with E-state index in [9.17, 15) is 74.4 Å². The maximum atomic E-state index is 14.1. The number of amides is 8. The van der Waals surface area contributed by atoms with Gasteiger partial charge in [0.15, 0.2) is 13.2 Å². The summed E-state index contributed by atoms with van der Waals surface area (Å²) in [7, 11) is 0. The second-order valence-electron chi connectivity index (χ2n) is 23.7. The van der Waals surface area contributed by atoms with Gasteiger partial charge in [0.2, 0.25) is 11.8 Å². The van der Waals surface area contributed by atoms with Gasteiger partial charge in [-0.05, 0) is 161 Å². The Kier molecular flexibility index (Phi) is 28.4. The number of nitro benzene ring substituents is 2. The van der Waals surface area contributed by atoms with Crippen LogP contribution in [0.15, 0.2) is 76.7 Å². The fourth-order valence-corrected chi connectivity index (χ4v) is 10.8. The molecule has 0 aromatic heterocycles. The summed E-state index contributed by atoms with van der Waals surface area (Å²) in [6.07, 6.45) is -7.50. The molecule has 0 bridgehead atoms. The maximum Gasteiger partial charge on any atom is 0.519 e. The number of carbonyl (C=O) groups excluding carboxylic acids is 9. The van der Waals surface area contributed by atoms with Crippen LogP contribution in [0.25, 0.3) is 20.9 Å². The fraction of sp³-hybridized carbons (Fsp3) is 0.421. The van der Waals surface area contributed by atoms with Crippen LogP contribution in [0.2, 0.25) is 0 Å².